The lowest BCUT2D eigenvalue weighted by atomic mass is 9.93. The SMILES string of the molecule is CC(C)(C)c1coc(-c2nc(-c3nc(C(C)(C)C)co3)c(Cl)c(C(F)(F)F)c2Cl)n1. The summed E-state index contributed by atoms with van der Waals surface area (Å²) < 4.78 is 52.2. The zero-order valence-corrected chi connectivity index (χ0v) is 18.7. The van der Waals surface area contributed by atoms with Crippen LogP contribution in [0.15, 0.2) is 21.4 Å². The van der Waals surface area contributed by atoms with Gasteiger partial charge in [0.2, 0.25) is 11.8 Å². The van der Waals surface area contributed by atoms with Gasteiger partial charge in [0.15, 0.2) is 0 Å². The summed E-state index contributed by atoms with van der Waals surface area (Å²) in [5.74, 6) is -0.313. The van der Waals surface area contributed by atoms with Crippen LogP contribution in [0.2, 0.25) is 10.0 Å². The van der Waals surface area contributed by atoms with Crippen LogP contribution in [-0.4, -0.2) is 15.0 Å². The van der Waals surface area contributed by atoms with Crippen LogP contribution in [0.3, 0.4) is 0 Å². The number of nitrogens with zero attached hydrogens (tertiary/aromatic N) is 3. The molecule has 0 spiro atoms. The van der Waals surface area contributed by atoms with Gasteiger partial charge in [0, 0.05) is 10.8 Å². The third-order valence-corrected chi connectivity index (χ3v) is 5.05. The molecule has 0 N–H and O–H groups in total. The number of hydrogen-bond acceptors (Lipinski definition) is 5. The predicted octanol–water partition coefficient (Wildman–Crippen LogP) is 7.31. The third kappa shape index (κ3) is 4.21. The Hall–Kier alpha value is -2.06. The van der Waals surface area contributed by atoms with Crippen LogP contribution >= 0.6 is 23.2 Å². The molecule has 0 aliphatic heterocycles. The Balaban J connectivity index is 2.28. The zero-order chi connectivity index (χ0) is 22.6. The molecule has 0 saturated heterocycles. The molecule has 0 aliphatic carbocycles. The number of alkyl halides is 3. The summed E-state index contributed by atoms with van der Waals surface area (Å²) in [4.78, 5) is 12.7. The standard InChI is InChI=1S/C20H20Cl2F3N3O2/c1-18(2,3)9-7-29-16(26-9)14-12(21)11(20(23,24)25)13(22)15(28-14)17-27-10(8-30-17)19(4,5)6/h7-8H,1-6H3. The van der Waals surface area contributed by atoms with Crippen molar-refractivity contribution in [3.05, 3.63) is 39.5 Å². The molecule has 0 amide bonds. The molecule has 0 fully saturated rings. The molecule has 5 nitrogen and oxygen atoms in total. The van der Waals surface area contributed by atoms with E-state index in [1.54, 1.807) is 0 Å². The molecule has 3 rings (SSSR count). The van der Waals surface area contributed by atoms with E-state index in [0.29, 0.717) is 11.4 Å². The van der Waals surface area contributed by atoms with Gasteiger partial charge in [-0.05, 0) is 0 Å². The number of oxazole rings is 2. The van der Waals surface area contributed by atoms with Gasteiger partial charge in [-0.2, -0.15) is 13.2 Å². The molecular formula is C20H20Cl2F3N3O2. The highest BCUT2D eigenvalue weighted by atomic mass is 35.5. The van der Waals surface area contributed by atoms with Crippen molar-refractivity contribution >= 4 is 23.2 Å². The minimum atomic E-state index is -4.85. The Morgan fingerprint density at radius 3 is 1.33 bits per heavy atom. The van der Waals surface area contributed by atoms with Crippen molar-refractivity contribution in [2.45, 2.75) is 58.5 Å². The first-order valence-electron chi connectivity index (χ1n) is 8.99. The molecule has 0 saturated carbocycles. The monoisotopic (exact) mass is 461 g/mol. The second-order valence-electron chi connectivity index (χ2n) is 8.89. The third-order valence-electron chi connectivity index (χ3n) is 4.31. The largest absolute Gasteiger partial charge is 0.443 e. The van der Waals surface area contributed by atoms with E-state index in [9.17, 15) is 13.2 Å². The van der Waals surface area contributed by atoms with E-state index in [-0.39, 0.29) is 34.0 Å². The van der Waals surface area contributed by atoms with E-state index >= 15 is 0 Å². The summed E-state index contributed by atoms with van der Waals surface area (Å²) in [5.41, 5.74) is -1.56. The van der Waals surface area contributed by atoms with Gasteiger partial charge in [-0.3, -0.25) is 0 Å². The van der Waals surface area contributed by atoms with Crippen LogP contribution in [0.5, 0.6) is 0 Å². The van der Waals surface area contributed by atoms with E-state index in [1.165, 1.54) is 12.5 Å². The predicted molar refractivity (Wildman–Crippen MR) is 108 cm³/mol. The molecule has 3 aromatic heterocycles. The Kier molecular flexibility index (Phi) is 5.48. The van der Waals surface area contributed by atoms with E-state index < -0.39 is 21.8 Å². The number of hydrogen-bond donors (Lipinski definition) is 0. The Morgan fingerprint density at radius 1 is 0.700 bits per heavy atom. The number of aromatic nitrogens is 3. The van der Waals surface area contributed by atoms with Crippen molar-refractivity contribution in [1.29, 1.82) is 0 Å². The molecule has 0 aromatic carbocycles. The molecule has 0 bridgehead atoms. The fraction of sp³-hybridized carbons (Fsp3) is 0.450. The van der Waals surface area contributed by atoms with E-state index in [0.717, 1.165) is 0 Å². The maximum absolute atomic E-state index is 13.8. The number of halogens is 5. The maximum atomic E-state index is 13.8. The first-order valence-corrected chi connectivity index (χ1v) is 9.75. The first-order chi connectivity index (χ1) is 13.6. The van der Waals surface area contributed by atoms with Crippen LogP contribution in [0.1, 0.15) is 58.5 Å². The molecule has 3 aromatic rings. The molecule has 3 heterocycles. The molecule has 0 aliphatic rings. The molecular weight excluding hydrogens is 442 g/mol. The van der Waals surface area contributed by atoms with Crippen LogP contribution < -0.4 is 0 Å². The lowest BCUT2D eigenvalue weighted by Gasteiger charge is -2.15. The van der Waals surface area contributed by atoms with Gasteiger partial charge >= 0.3 is 6.18 Å². The van der Waals surface area contributed by atoms with Gasteiger partial charge in [0.05, 0.1) is 27.0 Å². The molecule has 162 valence electrons. The van der Waals surface area contributed by atoms with Crippen molar-refractivity contribution in [3.8, 4) is 23.2 Å². The first kappa shape index (κ1) is 22.6. The minimum Gasteiger partial charge on any atom is -0.443 e. The molecule has 0 atom stereocenters. The smallest absolute Gasteiger partial charge is 0.419 e. The van der Waals surface area contributed by atoms with E-state index in [2.05, 4.69) is 15.0 Å². The topological polar surface area (TPSA) is 65.0 Å². The maximum Gasteiger partial charge on any atom is 0.419 e. The summed E-state index contributed by atoms with van der Waals surface area (Å²) in [6.07, 6.45) is -2.13. The zero-order valence-electron chi connectivity index (χ0n) is 17.2. The lowest BCUT2D eigenvalue weighted by Crippen LogP contribution is -2.12. The minimum absolute atomic E-state index is 0.157. The van der Waals surface area contributed by atoms with Crippen molar-refractivity contribution in [2.24, 2.45) is 0 Å². The highest BCUT2D eigenvalue weighted by molar-refractivity contribution is 6.38. The summed E-state index contributed by atoms with van der Waals surface area (Å²) in [6.45, 7) is 11.3. The second-order valence-corrected chi connectivity index (χ2v) is 9.64. The van der Waals surface area contributed by atoms with Gasteiger partial charge in [0.1, 0.15) is 23.9 Å². The van der Waals surface area contributed by atoms with Crippen LogP contribution in [-0.2, 0) is 17.0 Å². The van der Waals surface area contributed by atoms with Gasteiger partial charge in [-0.1, -0.05) is 64.7 Å². The van der Waals surface area contributed by atoms with Crippen molar-refractivity contribution < 1.29 is 22.0 Å². The number of pyridine rings is 1. The van der Waals surface area contributed by atoms with Gasteiger partial charge in [0.25, 0.3) is 0 Å². The molecule has 30 heavy (non-hydrogen) atoms. The lowest BCUT2D eigenvalue weighted by molar-refractivity contribution is -0.137. The summed E-state index contributed by atoms with van der Waals surface area (Å²) >= 11 is 12.2. The summed E-state index contributed by atoms with van der Waals surface area (Å²) in [6, 6.07) is 0. The van der Waals surface area contributed by atoms with Crippen LogP contribution in [0.25, 0.3) is 23.2 Å². The quantitative estimate of drug-likeness (QED) is 0.400. The van der Waals surface area contributed by atoms with Crippen molar-refractivity contribution in [1.82, 2.24) is 15.0 Å². The Morgan fingerprint density at radius 2 is 1.07 bits per heavy atom. The summed E-state index contributed by atoms with van der Waals surface area (Å²) in [7, 11) is 0. The normalized spacial score (nSPS) is 13.2. The van der Waals surface area contributed by atoms with Crippen LogP contribution in [0.4, 0.5) is 13.2 Å². The summed E-state index contributed by atoms with van der Waals surface area (Å²) in [5, 5.41) is -1.41. The van der Waals surface area contributed by atoms with Gasteiger partial charge < -0.3 is 8.83 Å². The average molecular weight is 462 g/mol. The number of rotatable bonds is 2. The Labute approximate surface area is 181 Å². The highest BCUT2D eigenvalue weighted by Crippen LogP contribution is 2.46. The van der Waals surface area contributed by atoms with E-state index in [1.807, 2.05) is 41.5 Å². The fourth-order valence-corrected chi connectivity index (χ4v) is 3.23. The van der Waals surface area contributed by atoms with Crippen molar-refractivity contribution in [3.63, 3.8) is 0 Å². The highest BCUT2D eigenvalue weighted by Gasteiger charge is 2.40. The van der Waals surface area contributed by atoms with Gasteiger partial charge in [-0.25, -0.2) is 15.0 Å². The van der Waals surface area contributed by atoms with E-state index in [4.69, 9.17) is 32.0 Å². The molecule has 0 unspecified atom stereocenters. The van der Waals surface area contributed by atoms with Gasteiger partial charge in [-0.15, -0.1) is 0 Å². The van der Waals surface area contributed by atoms with Crippen LogP contribution in [0, 0.1) is 0 Å². The molecule has 0 radical (unpaired) electrons. The fourth-order valence-electron chi connectivity index (χ4n) is 2.53. The second kappa shape index (κ2) is 7.27. The Bertz CT molecular complexity index is 1010. The van der Waals surface area contributed by atoms with Crippen molar-refractivity contribution in [2.75, 3.05) is 0 Å². The molecule has 10 heteroatoms. The average Bonchev–Trinajstić information content (AvgIpc) is 3.22.